The van der Waals surface area contributed by atoms with E-state index in [2.05, 4.69) is 22.5 Å². The Morgan fingerprint density at radius 1 is 1.12 bits per heavy atom. The SMILES string of the molecule is C=Cc1ccc(Br)c(OCc2ccccc2)c1. The molecule has 1 nitrogen and oxygen atoms in total. The van der Waals surface area contributed by atoms with Gasteiger partial charge in [-0.05, 0) is 39.2 Å². The zero-order chi connectivity index (χ0) is 12.1. The molecule has 0 amide bonds. The highest BCUT2D eigenvalue weighted by atomic mass is 79.9. The zero-order valence-electron chi connectivity index (χ0n) is 9.40. The molecule has 2 aromatic rings. The van der Waals surface area contributed by atoms with Gasteiger partial charge in [0.25, 0.3) is 0 Å². The summed E-state index contributed by atoms with van der Waals surface area (Å²) in [6.45, 7) is 4.32. The Hall–Kier alpha value is -1.54. The Morgan fingerprint density at radius 2 is 1.88 bits per heavy atom. The molecule has 17 heavy (non-hydrogen) atoms. The fraction of sp³-hybridized carbons (Fsp3) is 0.0667. The van der Waals surface area contributed by atoms with Gasteiger partial charge in [0.1, 0.15) is 12.4 Å². The van der Waals surface area contributed by atoms with Crippen LogP contribution >= 0.6 is 15.9 Å². The minimum atomic E-state index is 0.569. The molecular formula is C15H13BrO. The van der Waals surface area contributed by atoms with E-state index < -0.39 is 0 Å². The molecule has 0 unspecified atom stereocenters. The van der Waals surface area contributed by atoms with Gasteiger partial charge >= 0.3 is 0 Å². The van der Waals surface area contributed by atoms with Crippen molar-refractivity contribution in [3.63, 3.8) is 0 Å². The number of hydrogen-bond acceptors (Lipinski definition) is 1. The predicted octanol–water partition coefficient (Wildman–Crippen LogP) is 4.67. The van der Waals surface area contributed by atoms with E-state index in [0.717, 1.165) is 21.3 Å². The number of ether oxygens (including phenoxy) is 1. The van der Waals surface area contributed by atoms with Crippen molar-refractivity contribution in [3.05, 3.63) is 70.7 Å². The average molecular weight is 289 g/mol. The van der Waals surface area contributed by atoms with E-state index in [1.165, 1.54) is 0 Å². The third kappa shape index (κ3) is 3.21. The van der Waals surface area contributed by atoms with Crippen molar-refractivity contribution in [3.8, 4) is 5.75 Å². The summed E-state index contributed by atoms with van der Waals surface area (Å²) in [5.74, 6) is 0.839. The van der Waals surface area contributed by atoms with Crippen LogP contribution in [0.2, 0.25) is 0 Å². The van der Waals surface area contributed by atoms with Gasteiger partial charge in [0, 0.05) is 0 Å². The summed E-state index contributed by atoms with van der Waals surface area (Å²) in [5, 5.41) is 0. The highest BCUT2D eigenvalue weighted by molar-refractivity contribution is 9.10. The van der Waals surface area contributed by atoms with Crippen molar-refractivity contribution >= 4 is 22.0 Å². The second kappa shape index (κ2) is 5.69. The lowest BCUT2D eigenvalue weighted by molar-refractivity contribution is 0.304. The Labute approximate surface area is 110 Å². The van der Waals surface area contributed by atoms with Crippen LogP contribution in [0, 0.1) is 0 Å². The second-order valence-electron chi connectivity index (χ2n) is 3.67. The van der Waals surface area contributed by atoms with Crippen LogP contribution in [-0.2, 0) is 6.61 Å². The molecule has 2 rings (SSSR count). The molecule has 0 saturated carbocycles. The molecule has 86 valence electrons. The lowest BCUT2D eigenvalue weighted by atomic mass is 10.2. The quantitative estimate of drug-likeness (QED) is 0.794. The highest BCUT2D eigenvalue weighted by Crippen LogP contribution is 2.27. The minimum absolute atomic E-state index is 0.569. The van der Waals surface area contributed by atoms with Gasteiger partial charge in [0.2, 0.25) is 0 Å². The molecule has 0 fully saturated rings. The Balaban J connectivity index is 2.11. The third-order valence-corrected chi connectivity index (χ3v) is 3.08. The normalized spacial score (nSPS) is 9.94. The third-order valence-electron chi connectivity index (χ3n) is 2.43. The van der Waals surface area contributed by atoms with Crippen LogP contribution in [0.4, 0.5) is 0 Å². The summed E-state index contributed by atoms with van der Waals surface area (Å²) in [7, 11) is 0. The molecule has 0 saturated heterocycles. The standard InChI is InChI=1S/C15H13BrO/c1-2-12-8-9-14(16)15(10-12)17-11-13-6-4-3-5-7-13/h2-10H,1,11H2. The van der Waals surface area contributed by atoms with Crippen LogP contribution < -0.4 is 4.74 Å². The molecule has 0 bridgehead atoms. The minimum Gasteiger partial charge on any atom is -0.488 e. The van der Waals surface area contributed by atoms with Gasteiger partial charge in [-0.25, -0.2) is 0 Å². The summed E-state index contributed by atoms with van der Waals surface area (Å²) < 4.78 is 6.73. The summed E-state index contributed by atoms with van der Waals surface area (Å²) in [6, 6.07) is 16.0. The van der Waals surface area contributed by atoms with Gasteiger partial charge in [0.15, 0.2) is 0 Å². The zero-order valence-corrected chi connectivity index (χ0v) is 11.0. The average Bonchev–Trinajstić information content (AvgIpc) is 2.39. The van der Waals surface area contributed by atoms with Crippen molar-refractivity contribution in [2.45, 2.75) is 6.61 Å². The van der Waals surface area contributed by atoms with Gasteiger partial charge in [0.05, 0.1) is 4.47 Å². The lowest BCUT2D eigenvalue weighted by Crippen LogP contribution is -1.95. The number of hydrogen-bond donors (Lipinski definition) is 0. The second-order valence-corrected chi connectivity index (χ2v) is 4.52. The first-order chi connectivity index (χ1) is 8.29. The van der Waals surface area contributed by atoms with Crippen LogP contribution in [0.3, 0.4) is 0 Å². The Kier molecular flexibility index (Phi) is 3.99. The largest absolute Gasteiger partial charge is 0.488 e. The molecule has 0 aliphatic heterocycles. The van der Waals surface area contributed by atoms with E-state index in [0.29, 0.717) is 6.61 Å². The molecule has 0 radical (unpaired) electrons. The van der Waals surface area contributed by atoms with E-state index in [1.54, 1.807) is 0 Å². The van der Waals surface area contributed by atoms with Crippen LogP contribution in [0.5, 0.6) is 5.75 Å². The first kappa shape index (κ1) is 11.9. The molecule has 0 spiro atoms. The summed E-state index contributed by atoms with van der Waals surface area (Å²) >= 11 is 3.47. The van der Waals surface area contributed by atoms with Crippen molar-refractivity contribution < 1.29 is 4.74 Å². The highest BCUT2D eigenvalue weighted by Gasteiger charge is 2.02. The molecule has 0 atom stereocenters. The fourth-order valence-corrected chi connectivity index (χ4v) is 1.85. The van der Waals surface area contributed by atoms with Crippen molar-refractivity contribution in [2.24, 2.45) is 0 Å². The van der Waals surface area contributed by atoms with Crippen LogP contribution in [0.1, 0.15) is 11.1 Å². The monoisotopic (exact) mass is 288 g/mol. The van der Waals surface area contributed by atoms with Gasteiger partial charge in [-0.1, -0.05) is 49.1 Å². The topological polar surface area (TPSA) is 9.23 Å². The van der Waals surface area contributed by atoms with E-state index in [-0.39, 0.29) is 0 Å². The van der Waals surface area contributed by atoms with E-state index in [1.807, 2.05) is 54.6 Å². The predicted molar refractivity (Wildman–Crippen MR) is 75.0 cm³/mol. The van der Waals surface area contributed by atoms with Gasteiger partial charge < -0.3 is 4.74 Å². The van der Waals surface area contributed by atoms with Crippen LogP contribution in [-0.4, -0.2) is 0 Å². The van der Waals surface area contributed by atoms with E-state index >= 15 is 0 Å². The summed E-state index contributed by atoms with van der Waals surface area (Å²) in [4.78, 5) is 0. The van der Waals surface area contributed by atoms with Gasteiger partial charge in [-0.2, -0.15) is 0 Å². The van der Waals surface area contributed by atoms with Crippen LogP contribution in [0.15, 0.2) is 59.6 Å². The smallest absolute Gasteiger partial charge is 0.134 e. The first-order valence-electron chi connectivity index (χ1n) is 5.38. The molecule has 2 aromatic carbocycles. The number of benzene rings is 2. The lowest BCUT2D eigenvalue weighted by Gasteiger charge is -2.09. The molecule has 0 N–H and O–H groups in total. The molecule has 2 heteroatoms. The Morgan fingerprint density at radius 3 is 2.59 bits per heavy atom. The molecule has 0 aliphatic rings. The number of halogens is 1. The van der Waals surface area contributed by atoms with E-state index in [4.69, 9.17) is 4.74 Å². The van der Waals surface area contributed by atoms with Crippen molar-refractivity contribution in [1.29, 1.82) is 0 Å². The maximum Gasteiger partial charge on any atom is 0.134 e. The van der Waals surface area contributed by atoms with Gasteiger partial charge in [-0.3, -0.25) is 0 Å². The maximum absolute atomic E-state index is 5.77. The number of rotatable bonds is 4. The molecule has 0 aliphatic carbocycles. The van der Waals surface area contributed by atoms with E-state index in [9.17, 15) is 0 Å². The summed E-state index contributed by atoms with van der Waals surface area (Å²) in [5.41, 5.74) is 2.21. The fourth-order valence-electron chi connectivity index (χ4n) is 1.49. The first-order valence-corrected chi connectivity index (χ1v) is 6.17. The maximum atomic E-state index is 5.77. The van der Waals surface area contributed by atoms with Crippen LogP contribution in [0.25, 0.3) is 6.08 Å². The van der Waals surface area contributed by atoms with Gasteiger partial charge in [-0.15, -0.1) is 0 Å². The van der Waals surface area contributed by atoms with Crippen molar-refractivity contribution in [2.75, 3.05) is 0 Å². The summed E-state index contributed by atoms with van der Waals surface area (Å²) in [6.07, 6.45) is 1.81. The molecule has 0 aromatic heterocycles. The van der Waals surface area contributed by atoms with Crippen molar-refractivity contribution in [1.82, 2.24) is 0 Å². The Bertz CT molecular complexity index is 506. The molecule has 0 heterocycles. The molecular weight excluding hydrogens is 276 g/mol.